The predicted octanol–water partition coefficient (Wildman–Crippen LogP) is 2.57. The van der Waals surface area contributed by atoms with E-state index < -0.39 is 0 Å². The average Bonchev–Trinajstić information content (AvgIpc) is 2.58. The van der Waals surface area contributed by atoms with E-state index in [-0.39, 0.29) is 17.7 Å². The van der Waals surface area contributed by atoms with E-state index in [0.29, 0.717) is 19.4 Å². The van der Waals surface area contributed by atoms with Crippen molar-refractivity contribution in [2.24, 2.45) is 5.92 Å². The Morgan fingerprint density at radius 1 is 1.05 bits per heavy atom. The molecule has 1 saturated carbocycles. The van der Waals surface area contributed by atoms with E-state index >= 15 is 0 Å². The lowest BCUT2D eigenvalue weighted by Crippen LogP contribution is -2.44. The molecule has 0 bridgehead atoms. The molecule has 0 aromatic heterocycles. The van der Waals surface area contributed by atoms with Gasteiger partial charge in [0.2, 0.25) is 11.8 Å². The topological polar surface area (TPSA) is 67.4 Å². The molecule has 1 aliphatic carbocycles. The average molecular weight is 304 g/mol. The Morgan fingerprint density at radius 3 is 2.50 bits per heavy atom. The van der Waals surface area contributed by atoms with E-state index in [1.165, 1.54) is 6.42 Å². The molecule has 0 heterocycles. The van der Waals surface area contributed by atoms with Crippen LogP contribution in [-0.2, 0) is 9.59 Å². The number of carbonyl (C=O) groups excluding carboxylic acids is 2. The van der Waals surface area contributed by atoms with E-state index in [2.05, 4.69) is 10.9 Å². The maximum atomic E-state index is 11.9. The number of hydrazine groups is 1. The highest BCUT2D eigenvalue weighted by Crippen LogP contribution is 2.23. The Labute approximate surface area is 131 Å². The summed E-state index contributed by atoms with van der Waals surface area (Å²) >= 11 is 0. The molecule has 5 nitrogen and oxygen atoms in total. The molecule has 0 spiro atoms. The normalized spacial score (nSPS) is 15.1. The molecule has 5 heteroatoms. The first-order chi connectivity index (χ1) is 10.8. The van der Waals surface area contributed by atoms with E-state index in [1.807, 2.05) is 30.3 Å². The minimum atomic E-state index is -0.180. The third-order valence-corrected chi connectivity index (χ3v) is 3.86. The second-order valence-electron chi connectivity index (χ2n) is 5.64. The van der Waals surface area contributed by atoms with Crippen molar-refractivity contribution in [2.45, 2.75) is 44.9 Å². The number of amides is 2. The van der Waals surface area contributed by atoms with Crippen molar-refractivity contribution in [3.8, 4) is 5.75 Å². The van der Waals surface area contributed by atoms with Gasteiger partial charge in [-0.15, -0.1) is 0 Å². The number of hydrogen-bond acceptors (Lipinski definition) is 3. The summed E-state index contributed by atoms with van der Waals surface area (Å²) in [5.41, 5.74) is 5.02. The summed E-state index contributed by atoms with van der Waals surface area (Å²) in [4.78, 5) is 23.5. The molecule has 0 unspecified atom stereocenters. The molecule has 1 aliphatic rings. The van der Waals surface area contributed by atoms with Crippen molar-refractivity contribution >= 4 is 11.8 Å². The van der Waals surface area contributed by atoms with Crippen LogP contribution in [0.15, 0.2) is 30.3 Å². The third kappa shape index (κ3) is 5.76. The summed E-state index contributed by atoms with van der Waals surface area (Å²) in [5.74, 6) is 0.610. The third-order valence-electron chi connectivity index (χ3n) is 3.86. The minimum absolute atomic E-state index is 0.0514. The monoisotopic (exact) mass is 304 g/mol. The van der Waals surface area contributed by atoms with E-state index in [4.69, 9.17) is 4.74 Å². The summed E-state index contributed by atoms with van der Waals surface area (Å²) in [6, 6.07) is 9.50. The van der Waals surface area contributed by atoms with Crippen molar-refractivity contribution in [3.05, 3.63) is 30.3 Å². The van der Waals surface area contributed by atoms with Crippen molar-refractivity contribution in [3.63, 3.8) is 0 Å². The fraction of sp³-hybridized carbons (Fsp3) is 0.529. The first-order valence-electron chi connectivity index (χ1n) is 8.02. The van der Waals surface area contributed by atoms with Gasteiger partial charge in [-0.3, -0.25) is 20.4 Å². The number of hydrogen-bond donors (Lipinski definition) is 2. The van der Waals surface area contributed by atoms with Gasteiger partial charge in [-0.1, -0.05) is 37.5 Å². The molecule has 22 heavy (non-hydrogen) atoms. The van der Waals surface area contributed by atoms with Crippen molar-refractivity contribution in [1.82, 2.24) is 10.9 Å². The summed E-state index contributed by atoms with van der Waals surface area (Å²) in [6.45, 7) is 0.480. The number of benzene rings is 1. The minimum Gasteiger partial charge on any atom is -0.494 e. The van der Waals surface area contributed by atoms with Crippen LogP contribution in [0.2, 0.25) is 0 Å². The molecule has 0 atom stereocenters. The molecular weight excluding hydrogens is 280 g/mol. The number of para-hydroxylation sites is 1. The zero-order valence-corrected chi connectivity index (χ0v) is 12.8. The van der Waals surface area contributed by atoms with Gasteiger partial charge in [0.1, 0.15) is 5.75 Å². The number of rotatable bonds is 6. The van der Waals surface area contributed by atoms with Gasteiger partial charge in [-0.2, -0.15) is 0 Å². The van der Waals surface area contributed by atoms with Crippen molar-refractivity contribution < 1.29 is 14.3 Å². The molecule has 0 radical (unpaired) electrons. The van der Waals surface area contributed by atoms with Gasteiger partial charge in [0.05, 0.1) is 6.61 Å². The van der Waals surface area contributed by atoms with Gasteiger partial charge >= 0.3 is 0 Å². The molecule has 2 rings (SSSR count). The first-order valence-corrected chi connectivity index (χ1v) is 8.02. The molecule has 0 aliphatic heterocycles. The van der Waals surface area contributed by atoms with E-state index in [9.17, 15) is 9.59 Å². The molecule has 1 aromatic rings. The lowest BCUT2D eigenvalue weighted by molar-refractivity contribution is -0.132. The maximum absolute atomic E-state index is 11.9. The summed E-state index contributed by atoms with van der Waals surface area (Å²) in [5, 5.41) is 0. The summed E-state index contributed by atoms with van der Waals surface area (Å²) in [7, 11) is 0. The highest BCUT2D eigenvalue weighted by Gasteiger charge is 2.21. The lowest BCUT2D eigenvalue weighted by atomic mass is 9.89. The highest BCUT2D eigenvalue weighted by atomic mass is 16.5. The fourth-order valence-corrected chi connectivity index (χ4v) is 2.60. The van der Waals surface area contributed by atoms with Crippen LogP contribution in [0.4, 0.5) is 0 Å². The molecule has 2 N–H and O–H groups in total. The van der Waals surface area contributed by atoms with Crippen LogP contribution in [0, 0.1) is 5.92 Å². The van der Waals surface area contributed by atoms with Crippen molar-refractivity contribution in [1.29, 1.82) is 0 Å². The fourth-order valence-electron chi connectivity index (χ4n) is 2.60. The quantitative estimate of drug-likeness (QED) is 0.627. The summed E-state index contributed by atoms with van der Waals surface area (Å²) in [6.07, 6.45) is 6.19. The number of nitrogens with one attached hydrogen (secondary N) is 2. The largest absolute Gasteiger partial charge is 0.494 e. The Hall–Kier alpha value is -2.04. The maximum Gasteiger partial charge on any atom is 0.241 e. The van der Waals surface area contributed by atoms with Gasteiger partial charge in [-0.05, 0) is 31.4 Å². The van der Waals surface area contributed by atoms with Gasteiger partial charge in [0, 0.05) is 12.3 Å². The van der Waals surface area contributed by atoms with Gasteiger partial charge in [-0.25, -0.2) is 0 Å². The van der Waals surface area contributed by atoms with Crippen LogP contribution < -0.4 is 15.6 Å². The zero-order chi connectivity index (χ0) is 15.6. The second kappa shape index (κ2) is 9.07. The first kappa shape index (κ1) is 16.3. The smallest absolute Gasteiger partial charge is 0.241 e. The summed E-state index contributed by atoms with van der Waals surface area (Å²) < 4.78 is 5.51. The van der Waals surface area contributed by atoms with Crippen LogP contribution >= 0.6 is 0 Å². The van der Waals surface area contributed by atoms with Crippen LogP contribution in [0.25, 0.3) is 0 Å². The molecule has 0 saturated heterocycles. The Kier molecular flexibility index (Phi) is 6.74. The molecule has 2 amide bonds. The van der Waals surface area contributed by atoms with Crippen LogP contribution in [0.5, 0.6) is 5.75 Å². The van der Waals surface area contributed by atoms with Gasteiger partial charge < -0.3 is 4.74 Å². The van der Waals surface area contributed by atoms with Crippen LogP contribution in [-0.4, -0.2) is 18.4 Å². The Bertz CT molecular complexity index is 470. The van der Waals surface area contributed by atoms with Crippen LogP contribution in [0.3, 0.4) is 0 Å². The van der Waals surface area contributed by atoms with Gasteiger partial charge in [0.25, 0.3) is 0 Å². The molecule has 1 fully saturated rings. The van der Waals surface area contributed by atoms with E-state index in [0.717, 1.165) is 31.4 Å². The number of ether oxygens (including phenoxy) is 1. The van der Waals surface area contributed by atoms with Crippen LogP contribution in [0.1, 0.15) is 44.9 Å². The highest BCUT2D eigenvalue weighted by molar-refractivity contribution is 5.83. The standard InChI is InChI=1S/C17H24N2O3/c20-16(12-7-13-22-15-10-5-2-6-11-15)18-19-17(21)14-8-3-1-4-9-14/h2,5-6,10-11,14H,1,3-4,7-9,12-13H2,(H,18,20)(H,19,21). The van der Waals surface area contributed by atoms with E-state index in [1.54, 1.807) is 0 Å². The SMILES string of the molecule is O=C(CCCOc1ccccc1)NNC(=O)C1CCCCC1. The Morgan fingerprint density at radius 2 is 1.77 bits per heavy atom. The molecule has 1 aromatic carbocycles. The lowest BCUT2D eigenvalue weighted by Gasteiger charge is -2.20. The zero-order valence-electron chi connectivity index (χ0n) is 12.8. The molecular formula is C17H24N2O3. The predicted molar refractivity (Wildman–Crippen MR) is 84.0 cm³/mol. The van der Waals surface area contributed by atoms with Gasteiger partial charge in [0.15, 0.2) is 0 Å². The van der Waals surface area contributed by atoms with Crippen molar-refractivity contribution in [2.75, 3.05) is 6.61 Å². The second-order valence-corrected chi connectivity index (χ2v) is 5.64. The Balaban J connectivity index is 1.55. The number of carbonyl (C=O) groups is 2. The molecule has 120 valence electrons.